The van der Waals surface area contributed by atoms with Crippen LogP contribution in [0.4, 0.5) is 0 Å². The number of hydrogen-bond acceptors (Lipinski definition) is 2. The third kappa shape index (κ3) is 4.97. The van der Waals surface area contributed by atoms with Crippen molar-refractivity contribution in [3.8, 4) is 0 Å². The zero-order valence-corrected chi connectivity index (χ0v) is 10.5. The molecule has 1 aliphatic rings. The first-order chi connectivity index (χ1) is 7.74. The number of unbranched alkanes of at least 4 members (excludes halogenated alkanes) is 1. The first-order valence-corrected chi connectivity index (χ1v) is 6.70. The van der Waals surface area contributed by atoms with Crippen LogP contribution in [-0.2, 0) is 4.79 Å². The number of hydrogen-bond donors (Lipinski definition) is 1. The van der Waals surface area contributed by atoms with Crippen LogP contribution >= 0.6 is 0 Å². The summed E-state index contributed by atoms with van der Waals surface area (Å²) < 4.78 is 0. The lowest BCUT2D eigenvalue weighted by molar-refractivity contribution is -0.139. The minimum Gasteiger partial charge on any atom is -0.480 e. The Morgan fingerprint density at radius 2 is 1.88 bits per heavy atom. The fraction of sp³-hybridized carbons (Fsp3) is 0.923. The SMILES string of the molecule is CCCCN(CC(=O)O)C1CCCCCC1. The smallest absolute Gasteiger partial charge is 0.317 e. The van der Waals surface area contributed by atoms with Crippen molar-refractivity contribution in [2.75, 3.05) is 13.1 Å². The van der Waals surface area contributed by atoms with Crippen LogP contribution in [0.5, 0.6) is 0 Å². The number of aliphatic carboxylic acids is 1. The van der Waals surface area contributed by atoms with Gasteiger partial charge in [0.2, 0.25) is 0 Å². The first kappa shape index (κ1) is 13.5. The maximum atomic E-state index is 10.9. The van der Waals surface area contributed by atoms with Crippen molar-refractivity contribution >= 4 is 5.97 Å². The van der Waals surface area contributed by atoms with Gasteiger partial charge in [0.1, 0.15) is 0 Å². The van der Waals surface area contributed by atoms with Crippen LogP contribution in [0.15, 0.2) is 0 Å². The Morgan fingerprint density at radius 3 is 2.38 bits per heavy atom. The lowest BCUT2D eigenvalue weighted by atomic mass is 10.1. The Morgan fingerprint density at radius 1 is 1.25 bits per heavy atom. The Labute approximate surface area is 98.8 Å². The van der Waals surface area contributed by atoms with Gasteiger partial charge < -0.3 is 5.11 Å². The largest absolute Gasteiger partial charge is 0.480 e. The zero-order chi connectivity index (χ0) is 11.8. The van der Waals surface area contributed by atoms with Gasteiger partial charge in [0.05, 0.1) is 6.54 Å². The van der Waals surface area contributed by atoms with E-state index in [0.29, 0.717) is 6.04 Å². The van der Waals surface area contributed by atoms with Gasteiger partial charge in [-0.1, -0.05) is 39.0 Å². The molecule has 1 fully saturated rings. The van der Waals surface area contributed by atoms with Crippen LogP contribution in [0.25, 0.3) is 0 Å². The normalized spacial score (nSPS) is 18.6. The second-order valence-electron chi connectivity index (χ2n) is 4.86. The zero-order valence-electron chi connectivity index (χ0n) is 10.5. The summed E-state index contributed by atoms with van der Waals surface area (Å²) in [6, 6.07) is 0.519. The molecule has 0 spiro atoms. The molecule has 1 rings (SSSR count). The van der Waals surface area contributed by atoms with Crippen molar-refractivity contribution in [3.63, 3.8) is 0 Å². The highest BCUT2D eigenvalue weighted by Crippen LogP contribution is 2.22. The maximum Gasteiger partial charge on any atom is 0.317 e. The first-order valence-electron chi connectivity index (χ1n) is 6.70. The maximum absolute atomic E-state index is 10.9. The van der Waals surface area contributed by atoms with Gasteiger partial charge >= 0.3 is 5.97 Å². The Hall–Kier alpha value is -0.570. The monoisotopic (exact) mass is 227 g/mol. The van der Waals surface area contributed by atoms with Crippen LogP contribution in [0.3, 0.4) is 0 Å². The molecular weight excluding hydrogens is 202 g/mol. The summed E-state index contributed by atoms with van der Waals surface area (Å²) >= 11 is 0. The molecular formula is C13H25NO2. The quantitative estimate of drug-likeness (QED) is 0.709. The highest BCUT2D eigenvalue weighted by Gasteiger charge is 2.21. The molecule has 0 heterocycles. The van der Waals surface area contributed by atoms with Crippen molar-refractivity contribution in [3.05, 3.63) is 0 Å². The van der Waals surface area contributed by atoms with Crippen molar-refractivity contribution in [1.29, 1.82) is 0 Å². The molecule has 94 valence electrons. The highest BCUT2D eigenvalue weighted by atomic mass is 16.4. The predicted octanol–water partition coefficient (Wildman–Crippen LogP) is 2.90. The number of carbonyl (C=O) groups is 1. The summed E-state index contributed by atoms with van der Waals surface area (Å²) in [4.78, 5) is 13.1. The van der Waals surface area contributed by atoms with E-state index in [1.54, 1.807) is 0 Å². The lowest BCUT2D eigenvalue weighted by Gasteiger charge is -2.29. The van der Waals surface area contributed by atoms with E-state index >= 15 is 0 Å². The highest BCUT2D eigenvalue weighted by molar-refractivity contribution is 5.69. The molecule has 0 radical (unpaired) electrons. The van der Waals surface area contributed by atoms with Gasteiger partial charge in [0.25, 0.3) is 0 Å². The van der Waals surface area contributed by atoms with Gasteiger partial charge in [-0.3, -0.25) is 9.69 Å². The van der Waals surface area contributed by atoms with Crippen molar-refractivity contribution < 1.29 is 9.90 Å². The molecule has 0 aromatic heterocycles. The van der Waals surface area contributed by atoms with E-state index in [1.165, 1.54) is 38.5 Å². The van der Waals surface area contributed by atoms with Crippen molar-refractivity contribution in [2.45, 2.75) is 64.3 Å². The molecule has 3 heteroatoms. The van der Waals surface area contributed by atoms with E-state index in [1.807, 2.05) is 0 Å². The average Bonchev–Trinajstić information content (AvgIpc) is 2.52. The summed E-state index contributed by atoms with van der Waals surface area (Å²) in [6.45, 7) is 3.34. The third-order valence-electron chi connectivity index (χ3n) is 3.48. The third-order valence-corrected chi connectivity index (χ3v) is 3.48. The van der Waals surface area contributed by atoms with Crippen LogP contribution < -0.4 is 0 Å². The molecule has 1 aliphatic carbocycles. The Kier molecular flexibility index (Phi) is 6.46. The van der Waals surface area contributed by atoms with Crippen molar-refractivity contribution in [2.24, 2.45) is 0 Å². The minimum absolute atomic E-state index is 0.227. The van der Waals surface area contributed by atoms with Crippen LogP contribution in [0, 0.1) is 0 Å². The average molecular weight is 227 g/mol. The van der Waals surface area contributed by atoms with Gasteiger partial charge in [-0.25, -0.2) is 0 Å². The molecule has 0 amide bonds. The topological polar surface area (TPSA) is 40.5 Å². The second kappa shape index (κ2) is 7.66. The van der Waals surface area contributed by atoms with E-state index in [2.05, 4.69) is 11.8 Å². The van der Waals surface area contributed by atoms with Gasteiger partial charge in [-0.05, 0) is 25.8 Å². The fourth-order valence-corrected chi connectivity index (χ4v) is 2.55. The summed E-state index contributed by atoms with van der Waals surface area (Å²) in [7, 11) is 0. The van der Waals surface area contributed by atoms with E-state index in [0.717, 1.165) is 19.4 Å². The van der Waals surface area contributed by atoms with Crippen molar-refractivity contribution in [1.82, 2.24) is 4.90 Å². The molecule has 0 bridgehead atoms. The summed E-state index contributed by atoms with van der Waals surface area (Å²) in [6.07, 6.45) is 9.83. The number of carboxylic acid groups (broad SMARTS) is 1. The van der Waals surface area contributed by atoms with E-state index in [-0.39, 0.29) is 6.54 Å². The Balaban J connectivity index is 2.46. The molecule has 1 N–H and O–H groups in total. The molecule has 0 unspecified atom stereocenters. The van der Waals surface area contributed by atoms with Gasteiger partial charge in [0.15, 0.2) is 0 Å². The van der Waals surface area contributed by atoms with Gasteiger partial charge in [0, 0.05) is 6.04 Å². The van der Waals surface area contributed by atoms with Crippen LogP contribution in [-0.4, -0.2) is 35.1 Å². The molecule has 16 heavy (non-hydrogen) atoms. The van der Waals surface area contributed by atoms with Gasteiger partial charge in [-0.15, -0.1) is 0 Å². The summed E-state index contributed by atoms with van der Waals surface area (Å²) in [5.74, 6) is -0.680. The molecule has 0 aromatic carbocycles. The van der Waals surface area contributed by atoms with Crippen LogP contribution in [0.2, 0.25) is 0 Å². The molecule has 3 nitrogen and oxygen atoms in total. The molecule has 0 atom stereocenters. The number of rotatable bonds is 6. The molecule has 0 aromatic rings. The van der Waals surface area contributed by atoms with E-state index in [4.69, 9.17) is 5.11 Å². The Bertz CT molecular complexity index is 198. The molecule has 0 aliphatic heterocycles. The van der Waals surface area contributed by atoms with E-state index in [9.17, 15) is 4.79 Å². The second-order valence-corrected chi connectivity index (χ2v) is 4.86. The van der Waals surface area contributed by atoms with E-state index < -0.39 is 5.97 Å². The minimum atomic E-state index is -0.680. The number of carboxylic acids is 1. The summed E-state index contributed by atoms with van der Waals surface area (Å²) in [5, 5.41) is 8.94. The number of nitrogens with zero attached hydrogens (tertiary/aromatic N) is 1. The standard InChI is InChI=1S/C13H25NO2/c1-2-3-10-14(11-13(15)16)12-8-6-4-5-7-9-12/h12H,2-11H2,1H3,(H,15,16). The summed E-state index contributed by atoms with van der Waals surface area (Å²) in [5.41, 5.74) is 0. The van der Waals surface area contributed by atoms with Gasteiger partial charge in [-0.2, -0.15) is 0 Å². The molecule has 1 saturated carbocycles. The fourth-order valence-electron chi connectivity index (χ4n) is 2.55. The molecule has 0 saturated heterocycles. The predicted molar refractivity (Wildman–Crippen MR) is 65.6 cm³/mol. The van der Waals surface area contributed by atoms with Crippen LogP contribution in [0.1, 0.15) is 58.3 Å². The lowest BCUT2D eigenvalue weighted by Crippen LogP contribution is -2.39.